The fraction of sp³-hybridized carbons (Fsp3) is 0.619. The van der Waals surface area contributed by atoms with Crippen LogP contribution >= 0.6 is 0 Å². The predicted molar refractivity (Wildman–Crippen MR) is 105 cm³/mol. The van der Waals surface area contributed by atoms with Crippen LogP contribution in [0.2, 0.25) is 0 Å². The average Bonchev–Trinajstić information content (AvgIpc) is 2.92. The normalized spacial score (nSPS) is 11.8. The van der Waals surface area contributed by atoms with Gasteiger partial charge >= 0.3 is 0 Å². The number of rotatable bonds is 9. The summed E-state index contributed by atoms with van der Waals surface area (Å²) in [6, 6.07) is 8.42. The molecule has 0 bridgehead atoms. The van der Waals surface area contributed by atoms with Crippen molar-refractivity contribution in [2.45, 2.75) is 72.8 Å². The Morgan fingerprint density at radius 3 is 2.60 bits per heavy atom. The first-order valence-corrected chi connectivity index (χ1v) is 9.66. The summed E-state index contributed by atoms with van der Waals surface area (Å²) < 4.78 is 2.39. The van der Waals surface area contributed by atoms with Gasteiger partial charge in [0.2, 0.25) is 5.91 Å². The van der Waals surface area contributed by atoms with E-state index in [0.717, 1.165) is 44.3 Å². The van der Waals surface area contributed by atoms with Crippen LogP contribution in [-0.2, 0) is 17.8 Å². The van der Waals surface area contributed by atoms with Crippen LogP contribution in [0.1, 0.15) is 65.6 Å². The molecule has 0 saturated carbocycles. The van der Waals surface area contributed by atoms with Crippen molar-refractivity contribution in [1.82, 2.24) is 14.9 Å². The van der Waals surface area contributed by atoms with Crippen LogP contribution in [0.3, 0.4) is 0 Å². The molecule has 0 atom stereocenters. The second-order valence-electron chi connectivity index (χ2n) is 7.84. The van der Waals surface area contributed by atoms with Gasteiger partial charge < -0.3 is 9.88 Å². The lowest BCUT2D eigenvalue weighted by Crippen LogP contribution is -2.35. The zero-order chi connectivity index (χ0) is 18.3. The molecule has 25 heavy (non-hydrogen) atoms. The highest BCUT2D eigenvalue weighted by molar-refractivity contribution is 5.81. The number of para-hydroxylation sites is 2. The number of benzene rings is 1. The van der Waals surface area contributed by atoms with Crippen molar-refractivity contribution >= 4 is 16.9 Å². The van der Waals surface area contributed by atoms with E-state index in [4.69, 9.17) is 4.98 Å². The highest BCUT2D eigenvalue weighted by atomic mass is 16.2. The van der Waals surface area contributed by atoms with Crippen molar-refractivity contribution < 1.29 is 4.79 Å². The number of imidazole rings is 1. The third-order valence-electron chi connectivity index (χ3n) is 4.51. The SMILES string of the molecule is CCCCn1c(CCCCCNC(=O)C(C)(C)C)nc2ccccc21. The lowest BCUT2D eigenvalue weighted by Gasteiger charge is -2.17. The maximum Gasteiger partial charge on any atom is 0.225 e. The molecule has 0 aliphatic carbocycles. The van der Waals surface area contributed by atoms with E-state index in [0.29, 0.717) is 0 Å². The molecule has 0 fully saturated rings. The third kappa shape index (κ3) is 5.58. The molecule has 4 heteroatoms. The number of carbonyl (C=O) groups excluding carboxylic acids is 1. The second kappa shape index (κ2) is 9.02. The molecule has 1 amide bonds. The second-order valence-corrected chi connectivity index (χ2v) is 7.84. The maximum absolute atomic E-state index is 11.8. The molecular weight excluding hydrogens is 310 g/mol. The molecule has 1 aromatic carbocycles. The van der Waals surface area contributed by atoms with Gasteiger partial charge in [0.25, 0.3) is 0 Å². The van der Waals surface area contributed by atoms with Gasteiger partial charge in [-0.25, -0.2) is 4.98 Å². The predicted octanol–water partition coefficient (Wildman–Crippen LogP) is 4.71. The Bertz CT molecular complexity index is 682. The number of nitrogens with one attached hydrogen (secondary N) is 1. The highest BCUT2D eigenvalue weighted by Gasteiger charge is 2.20. The van der Waals surface area contributed by atoms with Gasteiger partial charge in [-0.1, -0.05) is 52.7 Å². The lowest BCUT2D eigenvalue weighted by molar-refractivity contribution is -0.128. The summed E-state index contributed by atoms with van der Waals surface area (Å²) in [6.45, 7) is 9.89. The summed E-state index contributed by atoms with van der Waals surface area (Å²) in [4.78, 5) is 16.7. The Hall–Kier alpha value is -1.84. The summed E-state index contributed by atoms with van der Waals surface area (Å²) in [7, 11) is 0. The van der Waals surface area contributed by atoms with E-state index in [1.54, 1.807) is 0 Å². The van der Waals surface area contributed by atoms with E-state index < -0.39 is 0 Å². The van der Waals surface area contributed by atoms with Gasteiger partial charge in [-0.2, -0.15) is 0 Å². The van der Waals surface area contributed by atoms with Crippen molar-refractivity contribution in [2.24, 2.45) is 5.41 Å². The molecular formula is C21H33N3O. The number of fused-ring (bicyclic) bond motifs is 1. The molecule has 0 aliphatic rings. The van der Waals surface area contributed by atoms with Gasteiger partial charge in [-0.3, -0.25) is 4.79 Å². The number of hydrogen-bond acceptors (Lipinski definition) is 2. The topological polar surface area (TPSA) is 46.9 Å². The summed E-state index contributed by atoms with van der Waals surface area (Å²) in [5.41, 5.74) is 2.05. The van der Waals surface area contributed by atoms with Crippen LogP contribution in [0.15, 0.2) is 24.3 Å². The molecule has 2 aromatic rings. The fourth-order valence-electron chi connectivity index (χ4n) is 2.93. The molecule has 1 N–H and O–H groups in total. The highest BCUT2D eigenvalue weighted by Crippen LogP contribution is 2.19. The van der Waals surface area contributed by atoms with Crippen LogP contribution in [0, 0.1) is 5.41 Å². The first-order valence-electron chi connectivity index (χ1n) is 9.66. The zero-order valence-electron chi connectivity index (χ0n) is 16.3. The van der Waals surface area contributed by atoms with Crippen molar-refractivity contribution in [1.29, 1.82) is 0 Å². The number of hydrogen-bond donors (Lipinski definition) is 1. The van der Waals surface area contributed by atoms with Crippen molar-refractivity contribution in [2.75, 3.05) is 6.54 Å². The number of aromatic nitrogens is 2. The molecule has 0 spiro atoms. The summed E-state index contributed by atoms with van der Waals surface area (Å²) in [5, 5.41) is 3.02. The molecule has 0 saturated heterocycles. The van der Waals surface area contributed by atoms with Crippen LogP contribution < -0.4 is 5.32 Å². The van der Waals surface area contributed by atoms with Gasteiger partial charge in [0, 0.05) is 24.9 Å². The molecule has 0 unspecified atom stereocenters. The maximum atomic E-state index is 11.8. The number of aryl methyl sites for hydroxylation is 2. The number of nitrogens with zero attached hydrogens (tertiary/aromatic N) is 2. The quantitative estimate of drug-likeness (QED) is 0.670. The molecule has 1 aromatic heterocycles. The Morgan fingerprint density at radius 2 is 1.88 bits per heavy atom. The first-order chi connectivity index (χ1) is 11.9. The standard InChI is InChI=1S/C21H33N3O/c1-5-6-16-24-18-13-10-9-12-17(18)23-19(24)14-8-7-11-15-22-20(25)21(2,3)4/h9-10,12-13H,5-8,11,14-16H2,1-4H3,(H,22,25). The monoisotopic (exact) mass is 343 g/mol. The molecule has 1 heterocycles. The first kappa shape index (κ1) is 19.5. The van der Waals surface area contributed by atoms with E-state index in [9.17, 15) is 4.79 Å². The van der Waals surface area contributed by atoms with Gasteiger partial charge in [0.15, 0.2) is 0 Å². The summed E-state index contributed by atoms with van der Waals surface area (Å²) in [6.07, 6.45) is 6.64. The Labute approximate surface area is 152 Å². The van der Waals surface area contributed by atoms with Gasteiger partial charge in [-0.05, 0) is 31.4 Å². The van der Waals surface area contributed by atoms with E-state index in [2.05, 4.69) is 41.1 Å². The minimum atomic E-state index is -0.301. The largest absolute Gasteiger partial charge is 0.356 e. The smallest absolute Gasteiger partial charge is 0.225 e. The Balaban J connectivity index is 1.83. The minimum absolute atomic E-state index is 0.133. The van der Waals surface area contributed by atoms with Crippen molar-refractivity contribution in [3.63, 3.8) is 0 Å². The minimum Gasteiger partial charge on any atom is -0.356 e. The Morgan fingerprint density at radius 1 is 1.12 bits per heavy atom. The van der Waals surface area contributed by atoms with Crippen LogP contribution in [0.5, 0.6) is 0 Å². The number of carbonyl (C=O) groups is 1. The number of amides is 1. The summed E-state index contributed by atoms with van der Waals surface area (Å²) >= 11 is 0. The number of unbranched alkanes of at least 4 members (excludes halogenated alkanes) is 3. The molecule has 0 radical (unpaired) electrons. The Kier molecular flexibility index (Phi) is 7.03. The van der Waals surface area contributed by atoms with Crippen molar-refractivity contribution in [3.05, 3.63) is 30.1 Å². The van der Waals surface area contributed by atoms with E-state index in [-0.39, 0.29) is 11.3 Å². The van der Waals surface area contributed by atoms with Crippen LogP contribution in [-0.4, -0.2) is 22.0 Å². The fourth-order valence-corrected chi connectivity index (χ4v) is 2.93. The molecule has 2 rings (SSSR count). The van der Waals surface area contributed by atoms with Gasteiger partial charge in [-0.15, -0.1) is 0 Å². The molecule has 4 nitrogen and oxygen atoms in total. The average molecular weight is 344 g/mol. The van der Waals surface area contributed by atoms with E-state index in [1.165, 1.54) is 24.2 Å². The third-order valence-corrected chi connectivity index (χ3v) is 4.51. The summed E-state index contributed by atoms with van der Waals surface area (Å²) in [5.74, 6) is 1.34. The van der Waals surface area contributed by atoms with E-state index >= 15 is 0 Å². The zero-order valence-corrected chi connectivity index (χ0v) is 16.3. The van der Waals surface area contributed by atoms with Crippen LogP contribution in [0.25, 0.3) is 11.0 Å². The van der Waals surface area contributed by atoms with Crippen molar-refractivity contribution in [3.8, 4) is 0 Å². The van der Waals surface area contributed by atoms with E-state index in [1.807, 2.05) is 20.8 Å². The molecule has 138 valence electrons. The van der Waals surface area contributed by atoms with Crippen LogP contribution in [0.4, 0.5) is 0 Å². The van der Waals surface area contributed by atoms with Gasteiger partial charge in [0.1, 0.15) is 5.82 Å². The molecule has 0 aliphatic heterocycles. The lowest BCUT2D eigenvalue weighted by atomic mass is 9.96. The van der Waals surface area contributed by atoms with Gasteiger partial charge in [0.05, 0.1) is 11.0 Å².